The Balaban J connectivity index is 1.71. The Labute approximate surface area is 148 Å². The van der Waals surface area contributed by atoms with Crippen LogP contribution in [0, 0.1) is 5.82 Å². The standard InChI is InChI=1S/C17H15FN2O5S/c1-20-14-7-6-13(10-15(14)25-17(20)22)26(23,24)9-8-16(21)19-12-4-2-11(18)3-5-12/h2-7,10H,8-9H2,1H3,(H,19,21). The second-order valence-electron chi connectivity index (χ2n) is 5.68. The first-order valence-corrected chi connectivity index (χ1v) is 9.29. The molecule has 0 aliphatic heterocycles. The van der Waals surface area contributed by atoms with Gasteiger partial charge in [-0.2, -0.15) is 0 Å². The predicted octanol–water partition coefficient (Wildman–Crippen LogP) is 2.07. The van der Waals surface area contributed by atoms with Gasteiger partial charge in [0.25, 0.3) is 0 Å². The number of nitrogens with one attached hydrogen (secondary N) is 1. The van der Waals surface area contributed by atoms with Crippen LogP contribution in [0.2, 0.25) is 0 Å². The Morgan fingerprint density at radius 2 is 1.88 bits per heavy atom. The fraction of sp³-hybridized carbons (Fsp3) is 0.176. The molecule has 9 heteroatoms. The van der Waals surface area contributed by atoms with Crippen molar-refractivity contribution in [1.82, 2.24) is 4.57 Å². The molecule has 1 amide bonds. The lowest BCUT2D eigenvalue weighted by molar-refractivity contribution is -0.115. The first-order chi connectivity index (χ1) is 12.3. The summed E-state index contributed by atoms with van der Waals surface area (Å²) in [5.41, 5.74) is 1.01. The number of sulfone groups is 1. The number of carbonyl (C=O) groups excluding carboxylic acids is 1. The molecule has 1 N–H and O–H groups in total. The molecule has 136 valence electrons. The average Bonchev–Trinajstić information content (AvgIpc) is 2.89. The smallest absolute Gasteiger partial charge is 0.408 e. The number of aromatic nitrogens is 1. The van der Waals surface area contributed by atoms with Crippen molar-refractivity contribution in [2.75, 3.05) is 11.1 Å². The number of hydrogen-bond acceptors (Lipinski definition) is 5. The van der Waals surface area contributed by atoms with Crippen molar-refractivity contribution in [1.29, 1.82) is 0 Å². The fourth-order valence-corrected chi connectivity index (χ4v) is 3.66. The van der Waals surface area contributed by atoms with Crippen molar-refractivity contribution in [2.45, 2.75) is 11.3 Å². The molecule has 0 spiro atoms. The molecule has 0 atom stereocenters. The van der Waals surface area contributed by atoms with Crippen LogP contribution in [0.25, 0.3) is 11.1 Å². The van der Waals surface area contributed by atoms with Gasteiger partial charge in [0.05, 0.1) is 16.2 Å². The maximum atomic E-state index is 12.8. The highest BCUT2D eigenvalue weighted by Crippen LogP contribution is 2.19. The van der Waals surface area contributed by atoms with Crippen LogP contribution >= 0.6 is 0 Å². The molecule has 0 aliphatic rings. The zero-order valence-corrected chi connectivity index (χ0v) is 14.5. The van der Waals surface area contributed by atoms with Gasteiger partial charge < -0.3 is 9.73 Å². The quantitative estimate of drug-likeness (QED) is 0.733. The topological polar surface area (TPSA) is 98.4 Å². The Morgan fingerprint density at radius 1 is 1.19 bits per heavy atom. The lowest BCUT2D eigenvalue weighted by atomic mass is 10.3. The number of amides is 1. The molecule has 0 saturated carbocycles. The van der Waals surface area contributed by atoms with E-state index in [1.54, 1.807) is 0 Å². The number of carbonyl (C=O) groups is 1. The molecule has 0 saturated heterocycles. The summed E-state index contributed by atoms with van der Waals surface area (Å²) in [5.74, 6) is -1.95. The van der Waals surface area contributed by atoms with Gasteiger partial charge >= 0.3 is 5.76 Å². The number of fused-ring (bicyclic) bond motifs is 1. The summed E-state index contributed by atoms with van der Waals surface area (Å²) in [6.45, 7) is 0. The Hall–Kier alpha value is -2.94. The number of halogens is 1. The van der Waals surface area contributed by atoms with Crippen molar-refractivity contribution >= 4 is 32.5 Å². The van der Waals surface area contributed by atoms with Crippen LogP contribution in [-0.2, 0) is 21.7 Å². The molecular formula is C17H15FN2O5S. The van der Waals surface area contributed by atoms with Gasteiger partial charge in [-0.1, -0.05) is 0 Å². The summed E-state index contributed by atoms with van der Waals surface area (Å²) >= 11 is 0. The fourth-order valence-electron chi connectivity index (χ4n) is 2.41. The lowest BCUT2D eigenvalue weighted by Crippen LogP contribution is -2.17. The van der Waals surface area contributed by atoms with E-state index in [-0.39, 0.29) is 16.9 Å². The van der Waals surface area contributed by atoms with Gasteiger partial charge in [0.2, 0.25) is 5.91 Å². The van der Waals surface area contributed by atoms with Gasteiger partial charge in [0.1, 0.15) is 5.82 Å². The van der Waals surface area contributed by atoms with Gasteiger partial charge in [-0.3, -0.25) is 9.36 Å². The summed E-state index contributed by atoms with van der Waals surface area (Å²) in [5, 5.41) is 2.50. The Morgan fingerprint density at radius 3 is 2.58 bits per heavy atom. The van der Waals surface area contributed by atoms with E-state index in [4.69, 9.17) is 4.42 Å². The number of anilines is 1. The third-order valence-corrected chi connectivity index (χ3v) is 5.56. The highest BCUT2D eigenvalue weighted by Gasteiger charge is 2.19. The predicted molar refractivity (Wildman–Crippen MR) is 93.2 cm³/mol. The molecule has 0 fully saturated rings. The zero-order chi connectivity index (χ0) is 18.9. The maximum Gasteiger partial charge on any atom is 0.419 e. The number of benzene rings is 2. The van der Waals surface area contributed by atoms with Gasteiger partial charge in [-0.05, 0) is 36.4 Å². The van der Waals surface area contributed by atoms with Crippen molar-refractivity contribution < 1.29 is 22.0 Å². The highest BCUT2D eigenvalue weighted by molar-refractivity contribution is 7.91. The summed E-state index contributed by atoms with van der Waals surface area (Å²) in [6.07, 6.45) is -0.267. The second-order valence-corrected chi connectivity index (χ2v) is 7.79. The second kappa shape index (κ2) is 6.75. The first-order valence-electron chi connectivity index (χ1n) is 7.64. The molecule has 1 heterocycles. The van der Waals surface area contributed by atoms with Crippen LogP contribution in [-0.4, -0.2) is 24.6 Å². The number of rotatable bonds is 5. The summed E-state index contributed by atoms with van der Waals surface area (Å²) in [7, 11) is -2.23. The minimum Gasteiger partial charge on any atom is -0.408 e. The SMILES string of the molecule is Cn1c(=O)oc2cc(S(=O)(=O)CCC(=O)Nc3ccc(F)cc3)ccc21. The van der Waals surface area contributed by atoms with Crippen molar-refractivity contribution in [3.8, 4) is 0 Å². The van der Waals surface area contributed by atoms with Gasteiger partial charge in [0, 0.05) is 25.2 Å². The van der Waals surface area contributed by atoms with Crippen LogP contribution in [0.4, 0.5) is 10.1 Å². The average molecular weight is 378 g/mol. The molecule has 3 rings (SSSR count). The van der Waals surface area contributed by atoms with E-state index in [0.29, 0.717) is 11.2 Å². The van der Waals surface area contributed by atoms with E-state index >= 15 is 0 Å². The van der Waals surface area contributed by atoms with E-state index in [0.717, 1.165) is 0 Å². The normalized spacial score (nSPS) is 11.6. The Bertz CT molecular complexity index is 1130. The number of aryl methyl sites for hydroxylation is 1. The van der Waals surface area contributed by atoms with E-state index in [1.807, 2.05) is 0 Å². The van der Waals surface area contributed by atoms with Crippen LogP contribution in [0.3, 0.4) is 0 Å². The minimum absolute atomic E-state index is 0.0334. The van der Waals surface area contributed by atoms with Crippen LogP contribution in [0.1, 0.15) is 6.42 Å². The highest BCUT2D eigenvalue weighted by atomic mass is 32.2. The molecule has 1 aromatic heterocycles. The number of nitrogens with zero attached hydrogens (tertiary/aromatic N) is 1. The molecule has 2 aromatic carbocycles. The molecule has 7 nitrogen and oxygen atoms in total. The molecule has 0 bridgehead atoms. The lowest BCUT2D eigenvalue weighted by Gasteiger charge is -2.06. The van der Waals surface area contributed by atoms with Gasteiger partial charge in [-0.25, -0.2) is 17.6 Å². The third kappa shape index (κ3) is 3.67. The molecule has 0 unspecified atom stereocenters. The summed E-state index contributed by atoms with van der Waals surface area (Å²) < 4.78 is 43.9. The summed E-state index contributed by atoms with van der Waals surface area (Å²) in [4.78, 5) is 23.3. The van der Waals surface area contributed by atoms with Crippen molar-refractivity contribution in [2.24, 2.45) is 7.05 Å². The summed E-state index contributed by atoms with van der Waals surface area (Å²) in [6, 6.07) is 9.25. The van der Waals surface area contributed by atoms with Crippen LogP contribution in [0.5, 0.6) is 0 Å². The van der Waals surface area contributed by atoms with E-state index < -0.39 is 33.1 Å². The first kappa shape index (κ1) is 17.9. The zero-order valence-electron chi connectivity index (χ0n) is 13.7. The molecular weight excluding hydrogens is 363 g/mol. The third-order valence-electron chi connectivity index (χ3n) is 3.85. The van der Waals surface area contributed by atoms with E-state index in [1.165, 1.54) is 54.1 Å². The van der Waals surface area contributed by atoms with E-state index in [9.17, 15) is 22.4 Å². The molecule has 0 aliphatic carbocycles. The monoisotopic (exact) mass is 378 g/mol. The largest absolute Gasteiger partial charge is 0.419 e. The minimum atomic E-state index is -3.74. The van der Waals surface area contributed by atoms with Crippen LogP contribution < -0.4 is 11.1 Å². The molecule has 0 radical (unpaired) electrons. The molecule has 3 aromatic rings. The maximum absolute atomic E-state index is 12.8. The van der Waals surface area contributed by atoms with E-state index in [2.05, 4.69) is 5.32 Å². The van der Waals surface area contributed by atoms with Gasteiger partial charge in [0.15, 0.2) is 15.4 Å². The van der Waals surface area contributed by atoms with Gasteiger partial charge in [-0.15, -0.1) is 0 Å². The number of hydrogen-bond donors (Lipinski definition) is 1. The molecule has 26 heavy (non-hydrogen) atoms. The van der Waals surface area contributed by atoms with Crippen molar-refractivity contribution in [3.05, 3.63) is 58.8 Å². The Kier molecular flexibility index (Phi) is 4.64. The number of oxazole rings is 1. The van der Waals surface area contributed by atoms with Crippen molar-refractivity contribution in [3.63, 3.8) is 0 Å². The van der Waals surface area contributed by atoms with Crippen LogP contribution in [0.15, 0.2) is 56.6 Å².